The highest BCUT2D eigenvalue weighted by molar-refractivity contribution is 6.07. The van der Waals surface area contributed by atoms with Crippen LogP contribution in [-0.4, -0.2) is 29.1 Å². The van der Waals surface area contributed by atoms with E-state index in [1.807, 2.05) is 32.9 Å². The summed E-state index contributed by atoms with van der Waals surface area (Å²) in [5.74, 6) is 0.0350. The van der Waals surface area contributed by atoms with E-state index < -0.39 is 0 Å². The molecule has 0 aromatic rings. The molecule has 0 spiro atoms. The first-order chi connectivity index (χ1) is 12.4. The molecule has 0 radical (unpaired) electrons. The van der Waals surface area contributed by atoms with Gasteiger partial charge in [-0.3, -0.25) is 9.59 Å². The normalized spacial score (nSPS) is 24.0. The number of aliphatic hydroxyl groups is 1. The van der Waals surface area contributed by atoms with Gasteiger partial charge in [-0.25, -0.2) is 0 Å². The lowest BCUT2D eigenvalue weighted by Gasteiger charge is -2.19. The minimum Gasteiger partial charge on any atom is -0.463 e. The predicted octanol–water partition coefficient (Wildman–Crippen LogP) is 4.29. The third-order valence-electron chi connectivity index (χ3n) is 5.16. The maximum absolute atomic E-state index is 12.2. The molecule has 1 saturated carbocycles. The number of ether oxygens (including phenoxy) is 1. The van der Waals surface area contributed by atoms with Crippen molar-refractivity contribution >= 4 is 11.8 Å². The fourth-order valence-electron chi connectivity index (χ4n) is 3.45. The van der Waals surface area contributed by atoms with Crippen LogP contribution >= 0.6 is 0 Å². The van der Waals surface area contributed by atoms with Gasteiger partial charge in [-0.05, 0) is 58.4 Å². The number of esters is 1. The molecule has 144 valence electrons. The number of carbonyl (C=O) groups is 2. The molecule has 2 rings (SSSR count). The Morgan fingerprint density at radius 1 is 1.38 bits per heavy atom. The van der Waals surface area contributed by atoms with E-state index in [9.17, 15) is 14.7 Å². The zero-order chi connectivity index (χ0) is 19.2. The Labute approximate surface area is 157 Å². The topological polar surface area (TPSA) is 63.6 Å². The summed E-state index contributed by atoms with van der Waals surface area (Å²) in [6.07, 6.45) is 14.9. The predicted molar refractivity (Wildman–Crippen MR) is 103 cm³/mol. The zero-order valence-corrected chi connectivity index (χ0v) is 16.2. The Hall–Kier alpha value is -1.68. The molecular weight excluding hydrogens is 328 g/mol. The summed E-state index contributed by atoms with van der Waals surface area (Å²) in [6.45, 7) is 5.68. The van der Waals surface area contributed by atoms with Gasteiger partial charge in [-0.1, -0.05) is 31.2 Å². The summed E-state index contributed by atoms with van der Waals surface area (Å²) in [5.41, 5.74) is 0.657. The lowest BCUT2D eigenvalue weighted by molar-refractivity contribution is -0.147. The van der Waals surface area contributed by atoms with Crippen molar-refractivity contribution < 1.29 is 19.4 Å². The van der Waals surface area contributed by atoms with Crippen LogP contribution in [-0.2, 0) is 14.3 Å². The van der Waals surface area contributed by atoms with Crippen molar-refractivity contribution in [3.8, 4) is 0 Å². The highest BCUT2D eigenvalue weighted by Gasteiger charge is 2.47. The lowest BCUT2D eigenvalue weighted by atomic mass is 9.89. The van der Waals surface area contributed by atoms with Crippen LogP contribution in [0.5, 0.6) is 0 Å². The molecule has 0 bridgehead atoms. The Morgan fingerprint density at radius 3 is 2.73 bits per heavy atom. The van der Waals surface area contributed by atoms with Crippen molar-refractivity contribution in [1.82, 2.24) is 0 Å². The number of allylic oxidation sites excluding steroid dienone is 5. The van der Waals surface area contributed by atoms with Crippen LogP contribution in [0.1, 0.15) is 65.7 Å². The van der Waals surface area contributed by atoms with Gasteiger partial charge < -0.3 is 9.84 Å². The molecule has 2 aliphatic rings. The number of aliphatic hydroxyl groups excluding tert-OH is 1. The molecule has 0 aliphatic heterocycles. The summed E-state index contributed by atoms with van der Waals surface area (Å²) >= 11 is 0. The Bertz CT molecular complexity index is 593. The smallest absolute Gasteiger partial charge is 0.306 e. The van der Waals surface area contributed by atoms with Gasteiger partial charge in [-0.2, -0.15) is 0 Å². The summed E-state index contributed by atoms with van der Waals surface area (Å²) < 4.78 is 5.11. The van der Waals surface area contributed by atoms with E-state index in [0.29, 0.717) is 6.42 Å². The third kappa shape index (κ3) is 5.66. The van der Waals surface area contributed by atoms with E-state index in [1.165, 1.54) is 0 Å². The van der Waals surface area contributed by atoms with Gasteiger partial charge in [0, 0.05) is 23.3 Å². The average molecular weight is 360 g/mol. The van der Waals surface area contributed by atoms with Crippen LogP contribution in [0, 0.1) is 11.3 Å². The van der Waals surface area contributed by atoms with Gasteiger partial charge in [0.2, 0.25) is 0 Å². The largest absolute Gasteiger partial charge is 0.463 e. The van der Waals surface area contributed by atoms with Gasteiger partial charge in [0.25, 0.3) is 0 Å². The molecule has 4 nitrogen and oxygen atoms in total. The number of hydrogen-bond acceptors (Lipinski definition) is 4. The summed E-state index contributed by atoms with van der Waals surface area (Å²) in [7, 11) is 0. The number of unbranched alkanes of at least 4 members (excludes halogenated alkanes) is 1. The van der Waals surface area contributed by atoms with Crippen LogP contribution in [0.25, 0.3) is 0 Å². The second-order valence-electron chi connectivity index (χ2n) is 7.72. The van der Waals surface area contributed by atoms with Crippen molar-refractivity contribution in [1.29, 1.82) is 0 Å². The molecular formula is C22H32O4. The minimum absolute atomic E-state index is 0.0593. The van der Waals surface area contributed by atoms with E-state index in [1.54, 1.807) is 6.08 Å². The van der Waals surface area contributed by atoms with E-state index in [2.05, 4.69) is 12.2 Å². The summed E-state index contributed by atoms with van der Waals surface area (Å²) in [6, 6.07) is 0. The highest BCUT2D eigenvalue weighted by Crippen LogP contribution is 2.52. The Balaban J connectivity index is 1.80. The molecule has 26 heavy (non-hydrogen) atoms. The van der Waals surface area contributed by atoms with Crippen molar-refractivity contribution in [3.05, 3.63) is 36.0 Å². The van der Waals surface area contributed by atoms with E-state index in [4.69, 9.17) is 4.74 Å². The standard InChI is InChI=1S/C22H32O4/c1-4-20(24)22(13-14-22)15-18-17(11-12-19(18)23)9-7-5-6-8-10-21(25)26-16(2)3/h5,7,11-12,15-17,20,24H,4,6,8-10,13-14H2,1-3H3/b7-5-,18-15+/t17-,20-/m0/s1. The van der Waals surface area contributed by atoms with Crippen molar-refractivity contribution in [2.45, 2.75) is 77.9 Å². The monoisotopic (exact) mass is 360 g/mol. The van der Waals surface area contributed by atoms with Crippen molar-refractivity contribution in [3.63, 3.8) is 0 Å². The Kier molecular flexibility index (Phi) is 7.39. The Morgan fingerprint density at radius 2 is 2.12 bits per heavy atom. The van der Waals surface area contributed by atoms with Gasteiger partial charge in [0.1, 0.15) is 0 Å². The first-order valence-corrected chi connectivity index (χ1v) is 9.86. The second kappa shape index (κ2) is 9.31. The average Bonchev–Trinajstić information content (AvgIpc) is 3.30. The van der Waals surface area contributed by atoms with Crippen LogP contribution in [0.2, 0.25) is 0 Å². The summed E-state index contributed by atoms with van der Waals surface area (Å²) in [4.78, 5) is 23.7. The SMILES string of the molecule is CC[C@H](O)C1(/C=C2/C(=O)C=C[C@@H]2C/C=C\CCCC(=O)OC(C)C)CC1. The first-order valence-electron chi connectivity index (χ1n) is 9.86. The van der Waals surface area contributed by atoms with E-state index in [0.717, 1.165) is 44.1 Å². The van der Waals surface area contributed by atoms with Crippen LogP contribution in [0.3, 0.4) is 0 Å². The van der Waals surface area contributed by atoms with Crippen LogP contribution in [0.4, 0.5) is 0 Å². The lowest BCUT2D eigenvalue weighted by Crippen LogP contribution is -2.20. The quantitative estimate of drug-likeness (QED) is 0.273. The molecule has 2 aliphatic carbocycles. The zero-order valence-electron chi connectivity index (χ0n) is 16.2. The molecule has 1 fully saturated rings. The molecule has 0 aromatic carbocycles. The number of hydrogen-bond donors (Lipinski definition) is 1. The van der Waals surface area contributed by atoms with Gasteiger partial charge in [-0.15, -0.1) is 0 Å². The summed E-state index contributed by atoms with van der Waals surface area (Å²) in [5, 5.41) is 10.2. The second-order valence-corrected chi connectivity index (χ2v) is 7.72. The molecule has 0 amide bonds. The minimum atomic E-state index is -0.356. The number of carbonyl (C=O) groups excluding carboxylic acids is 2. The van der Waals surface area contributed by atoms with E-state index >= 15 is 0 Å². The van der Waals surface area contributed by atoms with Crippen molar-refractivity contribution in [2.24, 2.45) is 11.3 Å². The van der Waals surface area contributed by atoms with Crippen LogP contribution < -0.4 is 0 Å². The van der Waals surface area contributed by atoms with Gasteiger partial charge in [0.15, 0.2) is 5.78 Å². The fourth-order valence-corrected chi connectivity index (χ4v) is 3.45. The fraction of sp³-hybridized carbons (Fsp3) is 0.636. The van der Waals surface area contributed by atoms with E-state index in [-0.39, 0.29) is 35.3 Å². The molecule has 0 aromatic heterocycles. The van der Waals surface area contributed by atoms with Crippen LogP contribution in [0.15, 0.2) is 36.0 Å². The molecule has 4 heteroatoms. The van der Waals surface area contributed by atoms with Crippen molar-refractivity contribution in [2.75, 3.05) is 0 Å². The molecule has 2 atom stereocenters. The third-order valence-corrected chi connectivity index (χ3v) is 5.16. The maximum atomic E-state index is 12.2. The first kappa shape index (κ1) is 20.6. The molecule has 0 heterocycles. The number of rotatable bonds is 10. The molecule has 0 saturated heterocycles. The number of ketones is 1. The van der Waals surface area contributed by atoms with Gasteiger partial charge in [0.05, 0.1) is 12.2 Å². The highest BCUT2D eigenvalue weighted by atomic mass is 16.5. The maximum Gasteiger partial charge on any atom is 0.306 e. The molecule has 0 unspecified atom stereocenters. The van der Waals surface area contributed by atoms with Gasteiger partial charge >= 0.3 is 5.97 Å². The molecule has 1 N–H and O–H groups in total.